The molecule has 1 heteroatoms. The first-order valence-corrected chi connectivity index (χ1v) is 13.9. The highest BCUT2D eigenvalue weighted by Crippen LogP contribution is 2.15. The maximum absolute atomic E-state index is 2.66. The molecule has 0 aromatic heterocycles. The summed E-state index contributed by atoms with van der Waals surface area (Å²) in [5.74, 6) is 2.10. The van der Waals surface area contributed by atoms with Gasteiger partial charge in [0.1, 0.15) is 0 Å². The lowest BCUT2D eigenvalue weighted by molar-refractivity contribution is 0.518. The average molecular weight is 411 g/mol. The van der Waals surface area contributed by atoms with Gasteiger partial charge in [0.2, 0.25) is 0 Å². The Bertz CT molecular complexity index is 284. The van der Waals surface area contributed by atoms with Gasteiger partial charge in [-0.2, -0.15) is 0 Å². The lowest BCUT2D eigenvalue weighted by Gasteiger charge is -2.04. The molecule has 0 saturated carbocycles. The molecule has 1 atom stereocenters. The smallest absolute Gasteiger partial charge is 0.0347 e. The van der Waals surface area contributed by atoms with E-state index in [1.165, 1.54) is 154 Å². The van der Waals surface area contributed by atoms with Crippen LogP contribution in [0.4, 0.5) is 0 Å². The number of hydrogen-bond donors (Lipinski definition) is 0. The summed E-state index contributed by atoms with van der Waals surface area (Å²) < 4.78 is 0. The molecule has 0 bridgehead atoms. The second-order valence-electron chi connectivity index (χ2n) is 9.00. The zero-order valence-electron chi connectivity index (χ0n) is 19.7. The van der Waals surface area contributed by atoms with Crippen LogP contribution >= 0.6 is 9.24 Å². The second-order valence-corrected chi connectivity index (χ2v) is 9.38. The molecule has 0 aromatic rings. The van der Waals surface area contributed by atoms with Gasteiger partial charge < -0.3 is 0 Å². The minimum Gasteiger partial charge on any atom is -0.114 e. The minimum absolute atomic E-state index is 1.27. The molecule has 168 valence electrons. The quantitative estimate of drug-likeness (QED) is 0.110. The van der Waals surface area contributed by atoms with E-state index in [0.29, 0.717) is 0 Å². The van der Waals surface area contributed by atoms with Gasteiger partial charge in [0, 0.05) is 0 Å². The molecule has 28 heavy (non-hydrogen) atoms. The van der Waals surface area contributed by atoms with Gasteiger partial charge in [-0.15, -0.1) is 9.24 Å². The lowest BCUT2D eigenvalue weighted by atomic mass is 10.0. The standard InChI is InChI=1S/C27H55P/c1-2-3-4-5-6-7-8-9-10-11-12-13-14-15-16-17-18-19-20-21-22-23-24-25-26-27-28/h26-27H,2-25,28H2,1H3/b27-26+. The summed E-state index contributed by atoms with van der Waals surface area (Å²) in [6, 6.07) is 0. The monoisotopic (exact) mass is 410 g/mol. The molecular formula is C27H55P. The molecule has 0 aromatic carbocycles. The van der Waals surface area contributed by atoms with Crippen molar-refractivity contribution in [1.29, 1.82) is 0 Å². The Kier molecular flexibility index (Phi) is 27.3. The van der Waals surface area contributed by atoms with Gasteiger partial charge in [-0.25, -0.2) is 0 Å². The number of allylic oxidation sites excluding steroid dienone is 1. The normalized spacial score (nSPS) is 11.6. The summed E-state index contributed by atoms with van der Waals surface area (Å²) in [4.78, 5) is 0. The van der Waals surface area contributed by atoms with Gasteiger partial charge in [0.25, 0.3) is 0 Å². The zero-order valence-corrected chi connectivity index (χ0v) is 20.9. The maximum Gasteiger partial charge on any atom is -0.0347 e. The van der Waals surface area contributed by atoms with Crippen LogP contribution in [0.1, 0.15) is 161 Å². The molecule has 0 nitrogen and oxygen atoms in total. The molecule has 1 unspecified atom stereocenters. The van der Waals surface area contributed by atoms with Crippen LogP contribution in [0.25, 0.3) is 0 Å². The fourth-order valence-corrected chi connectivity index (χ4v) is 4.34. The molecule has 0 spiro atoms. The van der Waals surface area contributed by atoms with Crippen LogP contribution in [-0.2, 0) is 0 Å². The summed E-state index contributed by atoms with van der Waals surface area (Å²) in [6.45, 7) is 2.30. The summed E-state index contributed by atoms with van der Waals surface area (Å²) in [5, 5.41) is 0. The molecule has 0 fully saturated rings. The molecule has 0 aliphatic rings. The van der Waals surface area contributed by atoms with E-state index in [1.807, 2.05) is 0 Å². The van der Waals surface area contributed by atoms with Crippen molar-refractivity contribution in [3.63, 3.8) is 0 Å². The van der Waals surface area contributed by atoms with E-state index in [1.54, 1.807) is 0 Å². The third-order valence-corrected chi connectivity index (χ3v) is 6.38. The summed E-state index contributed by atoms with van der Waals surface area (Å²) in [5.41, 5.74) is 0. The highest BCUT2D eigenvalue weighted by molar-refractivity contribution is 7.20. The van der Waals surface area contributed by atoms with Crippen molar-refractivity contribution in [3.8, 4) is 0 Å². The second kappa shape index (κ2) is 27.2. The Morgan fingerprint density at radius 3 is 0.893 bits per heavy atom. The van der Waals surface area contributed by atoms with Crippen LogP contribution in [0.3, 0.4) is 0 Å². The van der Waals surface area contributed by atoms with E-state index >= 15 is 0 Å². The molecule has 0 heterocycles. The van der Waals surface area contributed by atoms with Crippen LogP contribution in [0, 0.1) is 0 Å². The molecular weight excluding hydrogens is 355 g/mol. The Morgan fingerprint density at radius 1 is 0.393 bits per heavy atom. The molecule has 0 rings (SSSR count). The number of unbranched alkanes of at least 4 members (excludes halogenated alkanes) is 23. The van der Waals surface area contributed by atoms with Crippen LogP contribution < -0.4 is 0 Å². The molecule has 0 aliphatic heterocycles. The number of hydrogen-bond acceptors (Lipinski definition) is 0. The van der Waals surface area contributed by atoms with E-state index in [4.69, 9.17) is 0 Å². The van der Waals surface area contributed by atoms with E-state index in [9.17, 15) is 0 Å². The molecule has 0 radical (unpaired) electrons. The summed E-state index contributed by atoms with van der Waals surface area (Å²) >= 11 is 0. The first-order chi connectivity index (χ1) is 13.9. The van der Waals surface area contributed by atoms with Crippen molar-refractivity contribution < 1.29 is 0 Å². The van der Waals surface area contributed by atoms with Crippen molar-refractivity contribution in [2.45, 2.75) is 161 Å². The highest BCUT2D eigenvalue weighted by Gasteiger charge is 1.95. The van der Waals surface area contributed by atoms with Crippen molar-refractivity contribution in [3.05, 3.63) is 11.9 Å². The van der Waals surface area contributed by atoms with Gasteiger partial charge in [0.15, 0.2) is 0 Å². The third kappa shape index (κ3) is 26.2. The average Bonchev–Trinajstić information content (AvgIpc) is 2.71. The van der Waals surface area contributed by atoms with Crippen molar-refractivity contribution >= 4 is 9.24 Å². The minimum atomic E-state index is 1.27. The van der Waals surface area contributed by atoms with Crippen molar-refractivity contribution in [2.75, 3.05) is 0 Å². The number of rotatable bonds is 24. The topological polar surface area (TPSA) is 0 Å². The van der Waals surface area contributed by atoms with E-state index < -0.39 is 0 Å². The first-order valence-electron chi connectivity index (χ1n) is 13.3. The predicted octanol–water partition coefficient (Wildman–Crippen LogP) is 10.8. The molecule has 0 saturated heterocycles. The SMILES string of the molecule is CCCCCCCCCCCCCCCCCCCCCCCCC/C=C/P. The van der Waals surface area contributed by atoms with Gasteiger partial charge in [0.05, 0.1) is 0 Å². The zero-order chi connectivity index (χ0) is 20.4. The first kappa shape index (κ1) is 28.2. The molecule has 0 N–H and O–H groups in total. The Labute approximate surface area is 182 Å². The third-order valence-electron chi connectivity index (χ3n) is 6.11. The Balaban J connectivity index is 2.98. The lowest BCUT2D eigenvalue weighted by Crippen LogP contribution is -1.84. The molecule has 0 aliphatic carbocycles. The van der Waals surface area contributed by atoms with E-state index in [2.05, 4.69) is 28.1 Å². The van der Waals surface area contributed by atoms with E-state index in [0.717, 1.165) is 0 Å². The maximum atomic E-state index is 2.66. The van der Waals surface area contributed by atoms with Crippen molar-refractivity contribution in [1.82, 2.24) is 0 Å². The Morgan fingerprint density at radius 2 is 0.643 bits per heavy atom. The van der Waals surface area contributed by atoms with Gasteiger partial charge in [-0.3, -0.25) is 0 Å². The fourth-order valence-electron chi connectivity index (χ4n) is 4.14. The largest absolute Gasteiger partial charge is 0.114 e. The van der Waals surface area contributed by atoms with Gasteiger partial charge >= 0.3 is 0 Å². The highest BCUT2D eigenvalue weighted by atomic mass is 31.0. The molecule has 0 amide bonds. The van der Waals surface area contributed by atoms with Gasteiger partial charge in [-0.05, 0) is 12.8 Å². The van der Waals surface area contributed by atoms with Crippen LogP contribution in [-0.4, -0.2) is 0 Å². The van der Waals surface area contributed by atoms with Crippen molar-refractivity contribution in [2.24, 2.45) is 0 Å². The van der Waals surface area contributed by atoms with Crippen LogP contribution in [0.15, 0.2) is 11.9 Å². The van der Waals surface area contributed by atoms with E-state index in [-0.39, 0.29) is 0 Å². The summed E-state index contributed by atoms with van der Waals surface area (Å²) in [7, 11) is 2.66. The predicted molar refractivity (Wildman–Crippen MR) is 135 cm³/mol. The fraction of sp³-hybridized carbons (Fsp3) is 0.926. The Hall–Kier alpha value is 0.170. The van der Waals surface area contributed by atoms with Gasteiger partial charge in [-0.1, -0.05) is 160 Å². The summed E-state index contributed by atoms with van der Waals surface area (Å²) in [6.07, 6.45) is 37.3. The van der Waals surface area contributed by atoms with Crippen LogP contribution in [0.2, 0.25) is 0 Å². The van der Waals surface area contributed by atoms with Crippen LogP contribution in [0.5, 0.6) is 0 Å².